The summed E-state index contributed by atoms with van der Waals surface area (Å²) in [6.07, 6.45) is 10.8. The molecule has 0 bridgehead atoms. The van der Waals surface area contributed by atoms with E-state index in [0.717, 1.165) is 29.9 Å². The second-order valence-corrected chi connectivity index (χ2v) is 8.10. The first-order valence-corrected chi connectivity index (χ1v) is 10.6. The third-order valence-corrected chi connectivity index (χ3v) is 6.29. The summed E-state index contributed by atoms with van der Waals surface area (Å²) in [7, 11) is 0. The zero-order chi connectivity index (χ0) is 18.8. The highest BCUT2D eigenvalue weighted by atomic mass is 32.2. The molecule has 3 nitrogen and oxygen atoms in total. The van der Waals surface area contributed by atoms with Crippen molar-refractivity contribution in [1.29, 1.82) is 0 Å². The number of aliphatic hydroxyl groups is 1. The fourth-order valence-electron chi connectivity index (χ4n) is 3.21. The van der Waals surface area contributed by atoms with E-state index in [1.54, 1.807) is 0 Å². The van der Waals surface area contributed by atoms with Crippen LogP contribution in [0.1, 0.15) is 44.1 Å². The molecule has 2 rings (SSSR count). The van der Waals surface area contributed by atoms with Crippen molar-refractivity contribution < 1.29 is 15.0 Å². The first-order chi connectivity index (χ1) is 12.6. The highest BCUT2D eigenvalue weighted by Crippen LogP contribution is 2.34. The molecule has 4 atom stereocenters. The van der Waals surface area contributed by atoms with Crippen molar-refractivity contribution in [2.45, 2.75) is 44.6 Å². The summed E-state index contributed by atoms with van der Waals surface area (Å²) in [4.78, 5) is 10.5. The number of rotatable bonds is 10. The molecule has 1 heterocycles. The molecule has 26 heavy (non-hydrogen) atoms. The number of allylic oxidation sites excluding steroid dienone is 3. The summed E-state index contributed by atoms with van der Waals surface area (Å²) in [6.45, 7) is 2.06. The fourth-order valence-corrected chi connectivity index (χ4v) is 4.69. The summed E-state index contributed by atoms with van der Waals surface area (Å²) in [6, 6.07) is 10.1. The molecule has 1 aliphatic heterocycles. The Morgan fingerprint density at radius 1 is 1.27 bits per heavy atom. The standard InChI is InChI=1S/C22H30O3S/c1-17(18-9-6-4-7-10-18)21(23)14-13-20-16-26-15-19(20)11-5-2-3-8-12-22(24)25/h2,4-7,9-10,13-14,17,19-21,23H,3,8,11-12,15-16H2,1H3,(H,24,25)/t17?,19-,20-,21?/m0/s1. The van der Waals surface area contributed by atoms with Gasteiger partial charge < -0.3 is 10.2 Å². The number of hydrogen-bond acceptors (Lipinski definition) is 3. The van der Waals surface area contributed by atoms with Gasteiger partial charge in [-0.1, -0.05) is 61.6 Å². The molecule has 0 amide bonds. The van der Waals surface area contributed by atoms with E-state index in [0.29, 0.717) is 18.3 Å². The number of carboxylic acid groups (broad SMARTS) is 1. The molecule has 1 aliphatic rings. The average molecular weight is 375 g/mol. The van der Waals surface area contributed by atoms with Gasteiger partial charge in [-0.25, -0.2) is 0 Å². The molecular formula is C22H30O3S. The van der Waals surface area contributed by atoms with Gasteiger partial charge in [0, 0.05) is 12.3 Å². The van der Waals surface area contributed by atoms with Crippen LogP contribution in [0.5, 0.6) is 0 Å². The van der Waals surface area contributed by atoms with Crippen LogP contribution in [0.4, 0.5) is 0 Å². The Morgan fingerprint density at radius 3 is 2.77 bits per heavy atom. The minimum absolute atomic E-state index is 0.0917. The second-order valence-electron chi connectivity index (χ2n) is 7.03. The number of aliphatic carboxylic acids is 1. The van der Waals surface area contributed by atoms with Crippen LogP contribution in [-0.4, -0.2) is 33.8 Å². The molecule has 0 radical (unpaired) electrons. The molecule has 1 fully saturated rings. The Hall–Kier alpha value is -1.52. The number of carbonyl (C=O) groups is 1. The molecule has 0 aromatic heterocycles. The number of thioether (sulfide) groups is 1. The highest BCUT2D eigenvalue weighted by molar-refractivity contribution is 7.99. The number of hydrogen-bond donors (Lipinski definition) is 2. The van der Waals surface area contributed by atoms with Gasteiger partial charge in [0.25, 0.3) is 0 Å². The predicted octanol–water partition coefficient (Wildman–Crippen LogP) is 4.89. The predicted molar refractivity (Wildman–Crippen MR) is 110 cm³/mol. The van der Waals surface area contributed by atoms with Gasteiger partial charge in [-0.2, -0.15) is 11.8 Å². The molecule has 1 saturated heterocycles. The van der Waals surface area contributed by atoms with E-state index in [1.807, 2.05) is 36.0 Å². The van der Waals surface area contributed by atoms with Crippen molar-refractivity contribution in [2.75, 3.05) is 11.5 Å². The minimum Gasteiger partial charge on any atom is -0.481 e. The van der Waals surface area contributed by atoms with Crippen molar-refractivity contribution in [1.82, 2.24) is 0 Å². The second kappa shape index (κ2) is 11.2. The number of benzene rings is 1. The van der Waals surface area contributed by atoms with Gasteiger partial charge in [-0.3, -0.25) is 4.79 Å². The molecule has 1 aromatic carbocycles. The van der Waals surface area contributed by atoms with Crippen LogP contribution in [0.15, 0.2) is 54.6 Å². The van der Waals surface area contributed by atoms with E-state index < -0.39 is 12.1 Å². The van der Waals surface area contributed by atoms with Crippen molar-refractivity contribution >= 4 is 17.7 Å². The maximum atomic E-state index is 10.5. The lowest BCUT2D eigenvalue weighted by molar-refractivity contribution is -0.137. The summed E-state index contributed by atoms with van der Waals surface area (Å²) in [5, 5.41) is 19.1. The third kappa shape index (κ3) is 7.00. The molecule has 0 spiro atoms. The van der Waals surface area contributed by atoms with E-state index in [-0.39, 0.29) is 12.3 Å². The summed E-state index contributed by atoms with van der Waals surface area (Å²) in [5.41, 5.74) is 1.16. The van der Waals surface area contributed by atoms with Crippen LogP contribution >= 0.6 is 11.8 Å². The lowest BCUT2D eigenvalue weighted by Gasteiger charge is -2.18. The van der Waals surface area contributed by atoms with Crippen LogP contribution < -0.4 is 0 Å². The van der Waals surface area contributed by atoms with E-state index in [1.165, 1.54) is 0 Å². The SMILES string of the molecule is CC(c1ccccc1)C(O)C=C[C@H]1CSC[C@@H]1CC=CCCCC(=O)O. The van der Waals surface area contributed by atoms with Gasteiger partial charge >= 0.3 is 5.97 Å². The summed E-state index contributed by atoms with van der Waals surface area (Å²) < 4.78 is 0. The van der Waals surface area contributed by atoms with E-state index in [4.69, 9.17) is 5.11 Å². The van der Waals surface area contributed by atoms with Crippen LogP contribution in [-0.2, 0) is 4.79 Å². The molecule has 1 aromatic rings. The number of unbranched alkanes of at least 4 members (excludes halogenated alkanes) is 1. The largest absolute Gasteiger partial charge is 0.481 e. The van der Waals surface area contributed by atoms with Gasteiger partial charge in [-0.05, 0) is 48.2 Å². The molecule has 0 saturated carbocycles. The van der Waals surface area contributed by atoms with Crippen LogP contribution in [0, 0.1) is 11.8 Å². The normalized spacial score (nSPS) is 22.8. The summed E-state index contributed by atoms with van der Waals surface area (Å²) >= 11 is 1.97. The van der Waals surface area contributed by atoms with Crippen LogP contribution in [0.2, 0.25) is 0 Å². The fraction of sp³-hybridized carbons (Fsp3) is 0.500. The van der Waals surface area contributed by atoms with E-state index >= 15 is 0 Å². The lowest BCUT2D eigenvalue weighted by atomic mass is 9.90. The van der Waals surface area contributed by atoms with Crippen LogP contribution in [0.25, 0.3) is 0 Å². The maximum absolute atomic E-state index is 10.5. The van der Waals surface area contributed by atoms with E-state index in [2.05, 4.69) is 37.3 Å². The van der Waals surface area contributed by atoms with Crippen molar-refractivity contribution in [3.8, 4) is 0 Å². The summed E-state index contributed by atoms with van der Waals surface area (Å²) in [5.74, 6) is 2.74. The van der Waals surface area contributed by atoms with Crippen LogP contribution in [0.3, 0.4) is 0 Å². The van der Waals surface area contributed by atoms with Crippen molar-refractivity contribution in [3.05, 3.63) is 60.2 Å². The topological polar surface area (TPSA) is 57.5 Å². The molecular weight excluding hydrogens is 344 g/mol. The number of aliphatic hydroxyl groups excluding tert-OH is 1. The highest BCUT2D eigenvalue weighted by Gasteiger charge is 2.25. The average Bonchev–Trinajstić information content (AvgIpc) is 3.09. The van der Waals surface area contributed by atoms with E-state index in [9.17, 15) is 9.90 Å². The smallest absolute Gasteiger partial charge is 0.303 e. The zero-order valence-corrected chi connectivity index (χ0v) is 16.3. The first kappa shape index (κ1) is 20.8. The zero-order valence-electron chi connectivity index (χ0n) is 15.5. The molecule has 2 unspecified atom stereocenters. The number of carboxylic acids is 1. The monoisotopic (exact) mass is 374 g/mol. The Bertz CT molecular complexity index is 597. The van der Waals surface area contributed by atoms with Crippen molar-refractivity contribution in [3.63, 3.8) is 0 Å². The van der Waals surface area contributed by atoms with Gasteiger partial charge in [0.05, 0.1) is 6.10 Å². The molecule has 142 valence electrons. The van der Waals surface area contributed by atoms with Crippen molar-refractivity contribution in [2.24, 2.45) is 11.8 Å². The lowest BCUT2D eigenvalue weighted by Crippen LogP contribution is -2.15. The first-order valence-electron chi connectivity index (χ1n) is 9.43. The van der Waals surface area contributed by atoms with Gasteiger partial charge in [0.1, 0.15) is 0 Å². The van der Waals surface area contributed by atoms with Gasteiger partial charge in [0.2, 0.25) is 0 Å². The Morgan fingerprint density at radius 2 is 2.04 bits per heavy atom. The molecule has 4 heteroatoms. The minimum atomic E-state index is -0.723. The Kier molecular flexibility index (Phi) is 8.99. The Balaban J connectivity index is 1.79. The molecule has 2 N–H and O–H groups in total. The third-order valence-electron chi connectivity index (χ3n) is 5.01. The Labute approximate surface area is 161 Å². The quantitative estimate of drug-likeness (QED) is 0.452. The maximum Gasteiger partial charge on any atom is 0.303 e. The van der Waals surface area contributed by atoms with Gasteiger partial charge in [-0.15, -0.1) is 0 Å². The van der Waals surface area contributed by atoms with Gasteiger partial charge in [0.15, 0.2) is 0 Å². The molecule has 0 aliphatic carbocycles.